The largest absolute Gasteiger partial charge is 0.494 e. The van der Waals surface area contributed by atoms with Crippen molar-refractivity contribution in [1.82, 2.24) is 44.9 Å². The molecule has 9 aromatic rings. The molecular weight excluding hydrogens is 783 g/mol. The maximum Gasteiger partial charge on any atom is 0.494 e. The van der Waals surface area contributed by atoms with E-state index in [1.165, 1.54) is 0 Å². The van der Waals surface area contributed by atoms with Crippen LogP contribution in [0.2, 0.25) is 0 Å². The number of aromatic nitrogens is 9. The minimum Gasteiger partial charge on any atom is -0.365 e. The SMILES string of the molecule is c1ccc(-c2cccc(N3B4N(B5N(B6N4c4nccnc4N6c4cccc(-c6ccccc6)n4)c4nccnc4N5c4cccc(-c5ccccc5)n4)c4nccnc43)n2)cc1. The van der Waals surface area contributed by atoms with Gasteiger partial charge in [0.2, 0.25) is 0 Å². The fraction of sp³-hybridized carbons (Fsp3) is 0. The quantitative estimate of drug-likeness (QED) is 0.153. The molecule has 0 bridgehead atoms. The van der Waals surface area contributed by atoms with Gasteiger partial charge in [-0.3, -0.25) is 0 Å². The molecule has 13 rings (SSSR count). The molecule has 0 atom stereocenters. The van der Waals surface area contributed by atoms with E-state index in [1.54, 1.807) is 37.2 Å². The summed E-state index contributed by atoms with van der Waals surface area (Å²) in [6.45, 7) is 0. The first kappa shape index (κ1) is 35.1. The van der Waals surface area contributed by atoms with Crippen molar-refractivity contribution in [3.8, 4) is 33.8 Å². The van der Waals surface area contributed by atoms with E-state index >= 15 is 0 Å². The van der Waals surface area contributed by atoms with Crippen LogP contribution >= 0.6 is 0 Å². The summed E-state index contributed by atoms with van der Waals surface area (Å²) in [4.78, 5) is 52.9. The first-order valence-corrected chi connectivity index (χ1v) is 20.5. The van der Waals surface area contributed by atoms with Crippen LogP contribution in [0.4, 0.5) is 52.4 Å². The Morgan fingerprint density at radius 1 is 0.270 bits per heavy atom. The molecule has 1 fully saturated rings. The van der Waals surface area contributed by atoms with Crippen molar-refractivity contribution in [3.05, 3.63) is 183 Å². The molecule has 294 valence electrons. The maximum atomic E-state index is 5.33. The highest BCUT2D eigenvalue weighted by atomic mass is 15.6. The summed E-state index contributed by atoms with van der Waals surface area (Å²) >= 11 is 0. The topological polar surface area (TPSA) is 135 Å². The monoisotopic (exact) mass is 813 g/mol. The molecule has 10 heterocycles. The van der Waals surface area contributed by atoms with Crippen LogP contribution in [0.3, 0.4) is 0 Å². The van der Waals surface area contributed by atoms with Gasteiger partial charge >= 0.3 is 21.4 Å². The number of rotatable bonds is 6. The molecule has 0 N–H and O–H groups in total. The Labute approximate surface area is 362 Å². The van der Waals surface area contributed by atoms with Crippen LogP contribution in [0, 0.1) is 0 Å². The van der Waals surface area contributed by atoms with Gasteiger partial charge in [0.25, 0.3) is 0 Å². The third kappa shape index (κ3) is 5.34. The summed E-state index contributed by atoms with van der Waals surface area (Å²) in [5, 5.41) is 0. The molecule has 3 aromatic carbocycles. The van der Waals surface area contributed by atoms with Crippen LogP contribution in [-0.4, -0.2) is 66.2 Å². The molecule has 0 aliphatic carbocycles. The van der Waals surface area contributed by atoms with E-state index < -0.39 is 21.4 Å². The predicted octanol–water partition coefficient (Wildman–Crippen LogP) is 7.49. The zero-order chi connectivity index (χ0) is 41.4. The number of pyridine rings is 3. The molecule has 4 aliphatic heterocycles. The number of anilines is 9. The Kier molecular flexibility index (Phi) is 7.78. The van der Waals surface area contributed by atoms with Gasteiger partial charge in [-0.15, -0.1) is 0 Å². The van der Waals surface area contributed by atoms with Gasteiger partial charge in [0.1, 0.15) is 17.5 Å². The summed E-state index contributed by atoms with van der Waals surface area (Å²) in [6.07, 6.45) is 10.3. The Hall–Kier alpha value is -8.66. The van der Waals surface area contributed by atoms with Crippen LogP contribution in [0.1, 0.15) is 0 Å². The lowest BCUT2D eigenvalue weighted by Gasteiger charge is -2.49. The van der Waals surface area contributed by atoms with E-state index in [9.17, 15) is 0 Å². The standard InChI is InChI=1S/C45H30B3N15/c1-4-13-31(14-5-1)34-19-10-22-37(55-34)58-40-43(52-28-25-49-40)61-46(58)62-44-41(50-26-29-53-44)59(38-23-11-20-35(56-38)32-15-6-2-7-16-32)48(62)63-45-42(51-27-30-54-45)60(47(61)63)39-24-12-21-36(57-39)33-17-8-3-9-18-33/h1-30H. The minimum atomic E-state index is -0.654. The van der Waals surface area contributed by atoms with Gasteiger partial charge in [0, 0.05) is 53.9 Å². The third-order valence-electron chi connectivity index (χ3n) is 11.7. The van der Waals surface area contributed by atoms with Crippen molar-refractivity contribution in [2.45, 2.75) is 0 Å². The lowest BCUT2D eigenvalue weighted by Crippen LogP contribution is -2.84. The highest BCUT2D eigenvalue weighted by Crippen LogP contribution is 2.54. The van der Waals surface area contributed by atoms with Crippen molar-refractivity contribution in [2.24, 2.45) is 0 Å². The van der Waals surface area contributed by atoms with Gasteiger partial charge in [0.05, 0.1) is 17.1 Å². The number of fused-ring (bicyclic) bond motifs is 12. The lowest BCUT2D eigenvalue weighted by molar-refractivity contribution is 1.14. The predicted molar refractivity (Wildman–Crippen MR) is 246 cm³/mol. The van der Waals surface area contributed by atoms with Crippen LogP contribution < -0.4 is 28.6 Å². The summed E-state index contributed by atoms with van der Waals surface area (Å²) in [5.74, 6) is 5.79. The highest BCUT2D eigenvalue weighted by Gasteiger charge is 2.72. The Morgan fingerprint density at radius 3 is 0.825 bits per heavy atom. The first-order chi connectivity index (χ1) is 31.3. The number of nitrogens with zero attached hydrogens (tertiary/aromatic N) is 15. The van der Waals surface area contributed by atoms with Gasteiger partial charge in [0.15, 0.2) is 34.9 Å². The fourth-order valence-corrected chi connectivity index (χ4v) is 9.18. The van der Waals surface area contributed by atoms with Gasteiger partial charge < -0.3 is 28.6 Å². The number of hydrogen-bond donors (Lipinski definition) is 0. The molecule has 0 spiro atoms. The molecule has 0 radical (unpaired) electrons. The number of hydrogen-bond acceptors (Lipinski definition) is 15. The highest BCUT2D eigenvalue weighted by molar-refractivity contribution is 7.11. The third-order valence-corrected chi connectivity index (χ3v) is 11.7. The zero-order valence-electron chi connectivity index (χ0n) is 33.3. The molecule has 63 heavy (non-hydrogen) atoms. The molecular formula is C45H30B3N15. The average molecular weight is 813 g/mol. The van der Waals surface area contributed by atoms with Crippen molar-refractivity contribution >= 4 is 73.7 Å². The van der Waals surface area contributed by atoms with E-state index in [2.05, 4.69) is 65.0 Å². The summed E-state index contributed by atoms with van der Waals surface area (Å²) in [7, 11) is -1.96. The van der Waals surface area contributed by atoms with Gasteiger partial charge in [-0.1, -0.05) is 109 Å². The van der Waals surface area contributed by atoms with Crippen LogP contribution in [0.5, 0.6) is 0 Å². The minimum absolute atomic E-state index is 0.622. The van der Waals surface area contributed by atoms with Crippen LogP contribution in [0.25, 0.3) is 33.8 Å². The molecule has 0 unspecified atom stereocenters. The van der Waals surface area contributed by atoms with E-state index in [0.717, 1.165) is 33.8 Å². The van der Waals surface area contributed by atoms with Gasteiger partial charge in [-0.25, -0.2) is 44.9 Å². The summed E-state index contributed by atoms with van der Waals surface area (Å²) in [5.41, 5.74) is 5.45. The van der Waals surface area contributed by atoms with Crippen LogP contribution in [-0.2, 0) is 0 Å². The molecule has 0 amide bonds. The van der Waals surface area contributed by atoms with Crippen LogP contribution in [0.15, 0.2) is 183 Å². The van der Waals surface area contributed by atoms with E-state index in [4.69, 9.17) is 44.9 Å². The maximum absolute atomic E-state index is 5.33. The molecule has 0 saturated carbocycles. The second kappa shape index (κ2) is 14.0. The van der Waals surface area contributed by atoms with Gasteiger partial charge in [-0.05, 0) is 36.4 Å². The summed E-state index contributed by atoms with van der Waals surface area (Å²) in [6, 6.07) is 48.8. The van der Waals surface area contributed by atoms with E-state index in [0.29, 0.717) is 52.4 Å². The Balaban J connectivity index is 1.07. The summed E-state index contributed by atoms with van der Waals surface area (Å²) < 4.78 is 6.73. The smallest absolute Gasteiger partial charge is 0.365 e. The lowest BCUT2D eigenvalue weighted by atomic mass is 9.56. The van der Waals surface area contributed by atoms with Gasteiger partial charge in [-0.2, -0.15) is 0 Å². The molecule has 15 nitrogen and oxygen atoms in total. The van der Waals surface area contributed by atoms with E-state index in [-0.39, 0.29) is 0 Å². The molecule has 1 saturated heterocycles. The normalized spacial score (nSPS) is 14.4. The molecule has 4 aliphatic rings. The molecule has 6 aromatic heterocycles. The fourth-order valence-electron chi connectivity index (χ4n) is 9.18. The second-order valence-corrected chi connectivity index (χ2v) is 15.2. The Bertz CT molecular complexity index is 2840. The average Bonchev–Trinajstić information content (AvgIpc) is 4.01. The zero-order valence-corrected chi connectivity index (χ0v) is 33.3. The Morgan fingerprint density at radius 2 is 0.540 bits per heavy atom. The van der Waals surface area contributed by atoms with Crippen molar-refractivity contribution in [2.75, 3.05) is 28.6 Å². The van der Waals surface area contributed by atoms with Crippen molar-refractivity contribution in [1.29, 1.82) is 0 Å². The molecule has 18 heteroatoms. The number of benzene rings is 3. The van der Waals surface area contributed by atoms with Crippen molar-refractivity contribution in [3.63, 3.8) is 0 Å². The van der Waals surface area contributed by atoms with E-state index in [1.807, 2.05) is 109 Å². The van der Waals surface area contributed by atoms with Crippen molar-refractivity contribution < 1.29 is 0 Å². The first-order valence-electron chi connectivity index (χ1n) is 20.5. The second-order valence-electron chi connectivity index (χ2n) is 15.2.